The number of rotatable bonds is 2. The topological polar surface area (TPSA) is 12.5 Å². The van der Waals surface area contributed by atoms with Crippen LogP contribution in [-0.2, 0) is 4.74 Å². The summed E-state index contributed by atoms with van der Waals surface area (Å²) in [6, 6.07) is 10.2. The predicted octanol–water partition coefficient (Wildman–Crippen LogP) is 1.65. The van der Waals surface area contributed by atoms with Gasteiger partial charge in [-0.15, -0.1) is 6.42 Å². The number of ether oxygens (including phenoxy) is 1. The summed E-state index contributed by atoms with van der Waals surface area (Å²) in [6.45, 7) is 2.35. The predicted molar refractivity (Wildman–Crippen MR) is 55.5 cm³/mol. The Balaban J connectivity index is 2.18. The van der Waals surface area contributed by atoms with Crippen LogP contribution in [0.4, 0.5) is 0 Å². The molecular weight excluding hydrogens is 174 g/mol. The van der Waals surface area contributed by atoms with Crippen molar-refractivity contribution in [3.05, 3.63) is 35.9 Å². The zero-order valence-corrected chi connectivity index (χ0v) is 8.02. The third kappa shape index (κ3) is 1.79. The second-order valence-electron chi connectivity index (χ2n) is 3.33. The maximum absolute atomic E-state index is 5.54. The van der Waals surface area contributed by atoms with Gasteiger partial charge in [-0.25, -0.2) is 0 Å². The molecule has 1 aliphatic rings. The summed E-state index contributed by atoms with van der Waals surface area (Å²) in [6.07, 6.45) is 5.54. The monoisotopic (exact) mass is 187 g/mol. The zero-order valence-electron chi connectivity index (χ0n) is 8.02. The van der Waals surface area contributed by atoms with Crippen molar-refractivity contribution in [2.75, 3.05) is 19.9 Å². The van der Waals surface area contributed by atoms with Crippen molar-refractivity contribution in [3.8, 4) is 12.3 Å². The molecule has 0 unspecified atom stereocenters. The molecule has 1 fully saturated rings. The minimum atomic E-state index is 0.0544. The van der Waals surface area contributed by atoms with Crippen LogP contribution in [0, 0.1) is 12.3 Å². The Morgan fingerprint density at radius 3 is 2.71 bits per heavy atom. The molecule has 72 valence electrons. The summed E-state index contributed by atoms with van der Waals surface area (Å²) in [5, 5.41) is 0. The quantitative estimate of drug-likeness (QED) is 0.653. The van der Waals surface area contributed by atoms with E-state index in [1.54, 1.807) is 0 Å². The molecule has 0 amide bonds. The lowest BCUT2D eigenvalue weighted by Gasteiger charge is -2.21. The fraction of sp³-hybridized carbons (Fsp3) is 0.333. The number of terminal acetylenes is 1. The van der Waals surface area contributed by atoms with Gasteiger partial charge in [0.1, 0.15) is 6.73 Å². The molecule has 0 spiro atoms. The second-order valence-corrected chi connectivity index (χ2v) is 3.33. The molecule has 0 bridgehead atoms. The van der Waals surface area contributed by atoms with E-state index in [4.69, 9.17) is 11.2 Å². The number of hydrogen-bond donors (Lipinski definition) is 0. The molecule has 14 heavy (non-hydrogen) atoms. The molecule has 1 aromatic carbocycles. The molecular formula is C12H13NO. The zero-order chi connectivity index (χ0) is 9.80. The number of nitrogens with zero attached hydrogens (tertiary/aromatic N) is 1. The molecule has 0 aromatic heterocycles. The number of hydrogen-bond acceptors (Lipinski definition) is 2. The molecule has 0 saturated carbocycles. The minimum absolute atomic E-state index is 0.0544. The minimum Gasteiger partial charge on any atom is -0.365 e. The summed E-state index contributed by atoms with van der Waals surface area (Å²) in [4.78, 5) is 2.16. The van der Waals surface area contributed by atoms with Gasteiger partial charge in [0.25, 0.3) is 0 Å². The first-order chi connectivity index (χ1) is 6.92. The fourth-order valence-corrected chi connectivity index (χ4v) is 1.68. The molecule has 1 heterocycles. The Labute approximate surface area is 84.5 Å². The van der Waals surface area contributed by atoms with Crippen LogP contribution in [0.2, 0.25) is 0 Å². The van der Waals surface area contributed by atoms with E-state index in [9.17, 15) is 0 Å². The lowest BCUT2D eigenvalue weighted by Crippen LogP contribution is -2.24. The standard InChI is InChI=1S/C12H13NO/c1-2-12(13-8-9-14-10-13)11-6-4-3-5-7-11/h1,3-7,12H,8-10H2/t12-/m1/s1. The van der Waals surface area contributed by atoms with Crippen LogP contribution in [0.5, 0.6) is 0 Å². The highest BCUT2D eigenvalue weighted by Gasteiger charge is 2.21. The van der Waals surface area contributed by atoms with Gasteiger partial charge in [-0.05, 0) is 5.56 Å². The van der Waals surface area contributed by atoms with E-state index in [0.29, 0.717) is 6.73 Å². The van der Waals surface area contributed by atoms with Gasteiger partial charge >= 0.3 is 0 Å². The third-order valence-electron chi connectivity index (χ3n) is 2.42. The van der Waals surface area contributed by atoms with Crippen LogP contribution in [0.25, 0.3) is 0 Å². The first-order valence-corrected chi connectivity index (χ1v) is 4.74. The van der Waals surface area contributed by atoms with Crippen molar-refractivity contribution in [1.29, 1.82) is 0 Å². The molecule has 2 rings (SSSR count). The lowest BCUT2D eigenvalue weighted by molar-refractivity contribution is 0.129. The summed E-state index contributed by atoms with van der Waals surface area (Å²) in [5.41, 5.74) is 1.17. The van der Waals surface area contributed by atoms with Crippen molar-refractivity contribution in [2.45, 2.75) is 6.04 Å². The summed E-state index contributed by atoms with van der Waals surface area (Å²) >= 11 is 0. The van der Waals surface area contributed by atoms with E-state index >= 15 is 0 Å². The highest BCUT2D eigenvalue weighted by Crippen LogP contribution is 2.21. The molecule has 2 nitrogen and oxygen atoms in total. The van der Waals surface area contributed by atoms with Crippen LogP contribution >= 0.6 is 0 Å². The lowest BCUT2D eigenvalue weighted by atomic mass is 10.1. The maximum Gasteiger partial charge on any atom is 0.100 e. The molecule has 0 N–H and O–H groups in total. The van der Waals surface area contributed by atoms with Crippen LogP contribution in [0.1, 0.15) is 11.6 Å². The maximum atomic E-state index is 5.54. The molecule has 1 aromatic rings. The Morgan fingerprint density at radius 1 is 1.36 bits per heavy atom. The molecule has 0 radical (unpaired) electrons. The number of benzene rings is 1. The van der Waals surface area contributed by atoms with Crippen molar-refractivity contribution in [2.24, 2.45) is 0 Å². The Hall–Kier alpha value is -1.30. The normalized spacial score (nSPS) is 19.1. The third-order valence-corrected chi connectivity index (χ3v) is 2.42. The van der Waals surface area contributed by atoms with Gasteiger partial charge in [0, 0.05) is 6.54 Å². The van der Waals surface area contributed by atoms with E-state index in [0.717, 1.165) is 13.2 Å². The molecule has 0 aliphatic carbocycles. The van der Waals surface area contributed by atoms with Gasteiger partial charge in [0.05, 0.1) is 12.6 Å². The highest BCUT2D eigenvalue weighted by molar-refractivity contribution is 5.25. The SMILES string of the molecule is C#C[C@H](c1ccccc1)N1CCOC1. The highest BCUT2D eigenvalue weighted by atomic mass is 16.5. The van der Waals surface area contributed by atoms with E-state index in [1.807, 2.05) is 18.2 Å². The van der Waals surface area contributed by atoms with Crippen LogP contribution in [0.15, 0.2) is 30.3 Å². The van der Waals surface area contributed by atoms with E-state index in [-0.39, 0.29) is 6.04 Å². The Kier molecular flexibility index (Phi) is 2.83. The molecule has 1 atom stereocenters. The van der Waals surface area contributed by atoms with Crippen molar-refractivity contribution >= 4 is 0 Å². The average molecular weight is 187 g/mol. The smallest absolute Gasteiger partial charge is 0.100 e. The summed E-state index contributed by atoms with van der Waals surface area (Å²) < 4.78 is 5.29. The fourth-order valence-electron chi connectivity index (χ4n) is 1.68. The Bertz CT molecular complexity index is 322. The Morgan fingerprint density at radius 2 is 2.14 bits per heavy atom. The van der Waals surface area contributed by atoms with Gasteiger partial charge in [0.15, 0.2) is 0 Å². The molecule has 1 saturated heterocycles. The van der Waals surface area contributed by atoms with Crippen LogP contribution in [0.3, 0.4) is 0 Å². The summed E-state index contributed by atoms with van der Waals surface area (Å²) in [7, 11) is 0. The van der Waals surface area contributed by atoms with Crippen molar-refractivity contribution < 1.29 is 4.74 Å². The summed E-state index contributed by atoms with van der Waals surface area (Å²) in [5.74, 6) is 2.81. The first kappa shape index (κ1) is 9.26. The van der Waals surface area contributed by atoms with E-state index in [1.165, 1.54) is 5.56 Å². The van der Waals surface area contributed by atoms with Gasteiger partial charge in [-0.3, -0.25) is 4.90 Å². The van der Waals surface area contributed by atoms with Crippen LogP contribution in [-0.4, -0.2) is 24.8 Å². The van der Waals surface area contributed by atoms with Crippen molar-refractivity contribution in [1.82, 2.24) is 4.90 Å². The van der Waals surface area contributed by atoms with Gasteiger partial charge < -0.3 is 4.74 Å². The van der Waals surface area contributed by atoms with Crippen LogP contribution < -0.4 is 0 Å². The molecule has 1 aliphatic heterocycles. The van der Waals surface area contributed by atoms with E-state index < -0.39 is 0 Å². The second kappa shape index (κ2) is 4.28. The average Bonchev–Trinajstić information content (AvgIpc) is 2.74. The van der Waals surface area contributed by atoms with Gasteiger partial charge in [0.2, 0.25) is 0 Å². The van der Waals surface area contributed by atoms with Gasteiger partial charge in [-0.2, -0.15) is 0 Å². The largest absolute Gasteiger partial charge is 0.365 e. The van der Waals surface area contributed by atoms with Crippen molar-refractivity contribution in [3.63, 3.8) is 0 Å². The van der Waals surface area contributed by atoms with Gasteiger partial charge in [-0.1, -0.05) is 36.3 Å². The van der Waals surface area contributed by atoms with E-state index in [2.05, 4.69) is 23.0 Å². The first-order valence-electron chi connectivity index (χ1n) is 4.74. The molecule has 2 heteroatoms.